The minimum absolute atomic E-state index is 0.0643. The Balaban J connectivity index is 2.04. The van der Waals surface area contributed by atoms with E-state index in [1.54, 1.807) is 24.3 Å². The van der Waals surface area contributed by atoms with Crippen LogP contribution in [0.2, 0.25) is 5.02 Å². The molecule has 3 heterocycles. The molecule has 1 N–H and O–H groups in total. The maximum absolute atomic E-state index is 12.9. The van der Waals surface area contributed by atoms with Crippen molar-refractivity contribution in [2.75, 3.05) is 0 Å². The second kappa shape index (κ2) is 6.05. The molecular weight excluding hydrogens is 360 g/mol. The lowest BCUT2D eigenvalue weighted by molar-refractivity contribution is 0.0696. The zero-order valence-electron chi connectivity index (χ0n) is 12.9. The maximum atomic E-state index is 12.9. The van der Waals surface area contributed by atoms with Crippen molar-refractivity contribution in [3.05, 3.63) is 69.7 Å². The summed E-state index contributed by atoms with van der Waals surface area (Å²) in [5, 5.41) is 22.0. The zero-order chi connectivity index (χ0) is 18.3. The van der Waals surface area contributed by atoms with Crippen molar-refractivity contribution >= 4 is 28.5 Å². The molecule has 0 amide bonds. The van der Waals surface area contributed by atoms with Crippen LogP contribution in [0.1, 0.15) is 10.4 Å². The number of hydrogen-bond donors (Lipinski definition) is 1. The number of nitrogens with zero attached hydrogens (tertiary/aromatic N) is 6. The highest BCUT2D eigenvalue weighted by molar-refractivity contribution is 6.31. The summed E-state index contributed by atoms with van der Waals surface area (Å²) in [6.45, 7) is 0. The molecule has 128 valence electrons. The molecule has 0 spiro atoms. The molecule has 0 unspecified atom stereocenters. The summed E-state index contributed by atoms with van der Waals surface area (Å²) < 4.78 is 2.11. The Morgan fingerprint density at radius 3 is 2.73 bits per heavy atom. The van der Waals surface area contributed by atoms with Crippen LogP contribution >= 0.6 is 11.6 Å². The maximum Gasteiger partial charge on any atom is 0.341 e. The number of aromatic nitrogens is 6. The van der Waals surface area contributed by atoms with Gasteiger partial charge in [-0.05, 0) is 30.3 Å². The predicted molar refractivity (Wildman–Crippen MR) is 92.0 cm³/mol. The smallest absolute Gasteiger partial charge is 0.341 e. The topological polar surface area (TPSA) is 116 Å². The van der Waals surface area contributed by atoms with E-state index < -0.39 is 11.5 Å². The van der Waals surface area contributed by atoms with Crippen LogP contribution in [-0.2, 0) is 0 Å². The number of hydrogen-bond acceptors (Lipinski definition) is 6. The van der Waals surface area contributed by atoms with Crippen molar-refractivity contribution in [2.24, 2.45) is 0 Å². The van der Waals surface area contributed by atoms with E-state index in [9.17, 15) is 14.7 Å². The molecule has 26 heavy (non-hydrogen) atoms. The van der Waals surface area contributed by atoms with Crippen molar-refractivity contribution in [2.45, 2.75) is 0 Å². The van der Waals surface area contributed by atoms with Gasteiger partial charge >= 0.3 is 5.97 Å². The van der Waals surface area contributed by atoms with E-state index in [1.807, 2.05) is 0 Å². The summed E-state index contributed by atoms with van der Waals surface area (Å²) in [7, 11) is 0. The Morgan fingerprint density at radius 2 is 2.00 bits per heavy atom. The number of benzene rings is 1. The van der Waals surface area contributed by atoms with Gasteiger partial charge in [-0.25, -0.2) is 9.78 Å². The standard InChI is InChI=1S/C16H9ClN6O3/c17-9-4-5-10-12(7-9)20-21-23(15(10)24)14-11(16(25)26)8-19-22(14)13-3-1-2-6-18-13/h1-8H,(H,25,26). The third-order valence-electron chi connectivity index (χ3n) is 3.67. The summed E-state index contributed by atoms with van der Waals surface area (Å²) in [5.74, 6) is -0.988. The largest absolute Gasteiger partial charge is 0.477 e. The molecule has 0 fully saturated rings. The number of carboxylic acid groups (broad SMARTS) is 1. The second-order valence-electron chi connectivity index (χ2n) is 5.25. The van der Waals surface area contributed by atoms with Gasteiger partial charge in [0.25, 0.3) is 5.56 Å². The molecule has 4 aromatic rings. The van der Waals surface area contributed by atoms with Gasteiger partial charge in [0.2, 0.25) is 0 Å². The summed E-state index contributed by atoms with van der Waals surface area (Å²) >= 11 is 5.91. The minimum Gasteiger partial charge on any atom is -0.477 e. The third-order valence-corrected chi connectivity index (χ3v) is 3.90. The molecule has 0 radical (unpaired) electrons. The summed E-state index contributed by atoms with van der Waals surface area (Å²) in [4.78, 5) is 28.6. The first-order chi connectivity index (χ1) is 12.6. The van der Waals surface area contributed by atoms with E-state index in [1.165, 1.54) is 23.0 Å². The average molecular weight is 369 g/mol. The molecular formula is C16H9ClN6O3. The first-order valence-electron chi connectivity index (χ1n) is 7.34. The fraction of sp³-hybridized carbons (Fsp3) is 0. The van der Waals surface area contributed by atoms with Crippen LogP contribution in [-0.4, -0.2) is 40.8 Å². The van der Waals surface area contributed by atoms with Gasteiger partial charge < -0.3 is 5.11 Å². The molecule has 0 bridgehead atoms. The van der Waals surface area contributed by atoms with Crippen molar-refractivity contribution in [1.29, 1.82) is 0 Å². The molecule has 0 aliphatic heterocycles. The molecule has 0 saturated heterocycles. The third kappa shape index (κ3) is 2.50. The van der Waals surface area contributed by atoms with E-state index >= 15 is 0 Å². The van der Waals surface area contributed by atoms with Crippen molar-refractivity contribution in [1.82, 2.24) is 29.8 Å². The van der Waals surface area contributed by atoms with Crippen LogP contribution < -0.4 is 5.56 Å². The fourth-order valence-corrected chi connectivity index (χ4v) is 2.66. The van der Waals surface area contributed by atoms with Gasteiger partial charge in [0.1, 0.15) is 11.1 Å². The number of aromatic carboxylic acids is 1. The Hall–Kier alpha value is -3.59. The lowest BCUT2D eigenvalue weighted by Gasteiger charge is -2.09. The number of rotatable bonds is 3. The summed E-state index contributed by atoms with van der Waals surface area (Å²) in [5.41, 5.74) is -0.452. The van der Waals surface area contributed by atoms with Gasteiger partial charge in [0.15, 0.2) is 11.6 Å². The highest BCUT2D eigenvalue weighted by Crippen LogP contribution is 2.18. The molecule has 1 aromatic carbocycles. The molecule has 3 aromatic heterocycles. The van der Waals surface area contributed by atoms with Gasteiger partial charge in [-0.15, -0.1) is 5.10 Å². The molecule has 0 aliphatic rings. The van der Waals surface area contributed by atoms with Crippen LogP contribution in [0, 0.1) is 0 Å². The van der Waals surface area contributed by atoms with E-state index in [2.05, 4.69) is 20.4 Å². The highest BCUT2D eigenvalue weighted by atomic mass is 35.5. The molecule has 0 atom stereocenters. The van der Waals surface area contributed by atoms with E-state index in [-0.39, 0.29) is 16.8 Å². The van der Waals surface area contributed by atoms with Gasteiger partial charge in [0, 0.05) is 11.2 Å². The normalized spacial score (nSPS) is 11.0. The van der Waals surface area contributed by atoms with Gasteiger partial charge in [-0.1, -0.05) is 22.9 Å². The van der Waals surface area contributed by atoms with Crippen LogP contribution in [0.15, 0.2) is 53.6 Å². The monoisotopic (exact) mass is 368 g/mol. The molecule has 4 rings (SSSR count). The SMILES string of the molecule is O=C(O)c1cnn(-c2ccccn2)c1-n1nnc2cc(Cl)ccc2c1=O. The number of pyridine rings is 1. The lowest BCUT2D eigenvalue weighted by atomic mass is 10.2. The molecule has 0 aliphatic carbocycles. The van der Waals surface area contributed by atoms with Gasteiger partial charge in [0.05, 0.1) is 11.6 Å². The quantitative estimate of drug-likeness (QED) is 0.585. The Bertz CT molecular complexity index is 1200. The Kier molecular flexibility index (Phi) is 3.70. The minimum atomic E-state index is -1.26. The number of carbonyl (C=O) groups is 1. The second-order valence-corrected chi connectivity index (χ2v) is 5.69. The average Bonchev–Trinajstić information content (AvgIpc) is 3.08. The molecule has 9 nitrogen and oxygen atoms in total. The van der Waals surface area contributed by atoms with Crippen LogP contribution in [0.25, 0.3) is 22.5 Å². The highest BCUT2D eigenvalue weighted by Gasteiger charge is 2.23. The first kappa shape index (κ1) is 15.9. The first-order valence-corrected chi connectivity index (χ1v) is 7.72. The Labute approximate surface area is 150 Å². The number of fused-ring (bicyclic) bond motifs is 1. The van der Waals surface area contributed by atoms with Crippen molar-refractivity contribution in [3.8, 4) is 11.6 Å². The van der Waals surface area contributed by atoms with E-state index in [0.717, 1.165) is 10.9 Å². The lowest BCUT2D eigenvalue weighted by Crippen LogP contribution is -2.26. The zero-order valence-corrected chi connectivity index (χ0v) is 13.7. The predicted octanol–water partition coefficient (Wildman–Crippen LogP) is 1.71. The van der Waals surface area contributed by atoms with Crippen LogP contribution in [0.4, 0.5) is 0 Å². The van der Waals surface area contributed by atoms with Crippen molar-refractivity contribution in [3.63, 3.8) is 0 Å². The van der Waals surface area contributed by atoms with Crippen LogP contribution in [0.5, 0.6) is 0 Å². The molecule has 10 heteroatoms. The molecule has 0 saturated carbocycles. The van der Waals surface area contributed by atoms with E-state index in [4.69, 9.17) is 11.6 Å². The van der Waals surface area contributed by atoms with E-state index in [0.29, 0.717) is 16.4 Å². The van der Waals surface area contributed by atoms with Gasteiger partial charge in [-0.3, -0.25) is 4.79 Å². The Morgan fingerprint density at radius 1 is 1.15 bits per heavy atom. The van der Waals surface area contributed by atoms with Crippen molar-refractivity contribution < 1.29 is 9.90 Å². The summed E-state index contributed by atoms with van der Waals surface area (Å²) in [6.07, 6.45) is 2.66. The summed E-state index contributed by atoms with van der Waals surface area (Å²) in [6, 6.07) is 9.60. The van der Waals surface area contributed by atoms with Crippen LogP contribution in [0.3, 0.4) is 0 Å². The van der Waals surface area contributed by atoms with Gasteiger partial charge in [-0.2, -0.15) is 14.5 Å². The number of halogens is 1. The fourth-order valence-electron chi connectivity index (χ4n) is 2.50. The number of carboxylic acids is 1.